The first-order valence-electron chi connectivity index (χ1n) is 7.44. The highest BCUT2D eigenvalue weighted by molar-refractivity contribution is 5.73. The molecule has 0 radical (unpaired) electrons. The van der Waals surface area contributed by atoms with Crippen LogP contribution in [0.1, 0.15) is 11.1 Å². The summed E-state index contributed by atoms with van der Waals surface area (Å²) in [5, 5.41) is 17.0. The van der Waals surface area contributed by atoms with Crippen LogP contribution in [0.2, 0.25) is 0 Å². The molecule has 2 atom stereocenters. The third kappa shape index (κ3) is 7.53. The van der Waals surface area contributed by atoms with Crippen molar-refractivity contribution in [1.29, 1.82) is 0 Å². The van der Waals surface area contributed by atoms with Gasteiger partial charge in [0, 0.05) is 0 Å². The number of carbonyl (C=O) groups is 2. The molecule has 0 aliphatic carbocycles. The molecule has 0 aromatic heterocycles. The van der Waals surface area contributed by atoms with Gasteiger partial charge in [-0.2, -0.15) is 0 Å². The van der Waals surface area contributed by atoms with Crippen molar-refractivity contribution < 1.29 is 19.8 Å². The minimum atomic E-state index is -0.959. The quantitative estimate of drug-likeness (QED) is 0.587. The Morgan fingerprint density at radius 3 is 1.25 bits per heavy atom. The highest BCUT2D eigenvalue weighted by Gasteiger charge is 2.11. The first-order valence-corrected chi connectivity index (χ1v) is 7.44. The SMILES string of the molecule is N[13C@@H]([13CH2][13c]1[13cH][13cH][13cH][13cH][13cH]1)[13C](=O)O.N[C@@H](Cc1ccccc1)C(=O)O. The van der Waals surface area contributed by atoms with E-state index < -0.39 is 24.0 Å². The first kappa shape index (κ1) is 19.3. The Labute approximate surface area is 140 Å². The van der Waals surface area contributed by atoms with E-state index in [2.05, 4.69) is 0 Å². The van der Waals surface area contributed by atoms with Crippen molar-refractivity contribution in [3.63, 3.8) is 0 Å². The smallest absolute Gasteiger partial charge is 0.320 e. The minimum Gasteiger partial charge on any atom is -0.480 e. The van der Waals surface area contributed by atoms with E-state index in [4.69, 9.17) is 21.7 Å². The van der Waals surface area contributed by atoms with Crippen LogP contribution in [0.4, 0.5) is 0 Å². The molecule has 0 bridgehead atoms. The zero-order chi connectivity index (χ0) is 17.9. The van der Waals surface area contributed by atoms with Crippen LogP contribution in [-0.2, 0) is 22.4 Å². The van der Waals surface area contributed by atoms with Gasteiger partial charge in [-0.05, 0) is 24.0 Å². The van der Waals surface area contributed by atoms with Gasteiger partial charge in [0.1, 0.15) is 12.1 Å². The molecular weight excluding hydrogens is 317 g/mol. The van der Waals surface area contributed by atoms with E-state index in [0.717, 1.165) is 11.1 Å². The number of hydrogen-bond acceptors (Lipinski definition) is 4. The van der Waals surface area contributed by atoms with Gasteiger partial charge in [0.25, 0.3) is 0 Å². The lowest BCUT2D eigenvalue weighted by atomic mass is 10.1. The van der Waals surface area contributed by atoms with Gasteiger partial charge in [-0.3, -0.25) is 9.59 Å². The Bertz CT molecular complexity index is 574. The van der Waals surface area contributed by atoms with Gasteiger partial charge in [-0.25, -0.2) is 0 Å². The molecule has 24 heavy (non-hydrogen) atoms. The van der Waals surface area contributed by atoms with Gasteiger partial charge in [-0.1, -0.05) is 60.7 Å². The molecule has 0 saturated heterocycles. The molecule has 6 heteroatoms. The summed E-state index contributed by atoms with van der Waals surface area (Å²) < 4.78 is 0. The van der Waals surface area contributed by atoms with Gasteiger partial charge in [0.15, 0.2) is 0 Å². The van der Waals surface area contributed by atoms with Crippen molar-refractivity contribution in [2.75, 3.05) is 0 Å². The van der Waals surface area contributed by atoms with Crippen molar-refractivity contribution in [3.8, 4) is 0 Å². The van der Waals surface area contributed by atoms with Crippen LogP contribution < -0.4 is 11.5 Å². The van der Waals surface area contributed by atoms with Crippen LogP contribution >= 0.6 is 0 Å². The standard InChI is InChI=1S/2C9H11NO2/c2*10-8(9(11)12)6-7-4-2-1-3-5-7/h2*1-5,8H,6,10H2,(H,11,12)/t2*8-/m00/s1/i1+1,2+1,3+1,4+1,5+1,6+1,7+1,8+1,9+1;. The molecule has 2 aromatic carbocycles. The van der Waals surface area contributed by atoms with Crippen LogP contribution in [0.15, 0.2) is 60.7 Å². The van der Waals surface area contributed by atoms with Crippen LogP contribution in [0.3, 0.4) is 0 Å². The maximum atomic E-state index is 10.4. The van der Waals surface area contributed by atoms with E-state index in [1.807, 2.05) is 60.7 Å². The third-order valence-corrected chi connectivity index (χ3v) is 3.23. The first-order chi connectivity index (χ1) is 11.4. The average molecular weight is 339 g/mol. The zero-order valence-corrected chi connectivity index (χ0v) is 13.2. The number of benzene rings is 2. The molecule has 0 unspecified atom stereocenters. The Kier molecular flexibility index (Phi) is 8.18. The van der Waals surface area contributed by atoms with Crippen LogP contribution in [0.5, 0.6) is 0 Å². The molecule has 0 fully saturated rings. The molecule has 0 heterocycles. The van der Waals surface area contributed by atoms with Crippen molar-refractivity contribution in [2.45, 2.75) is 24.9 Å². The summed E-state index contributed by atoms with van der Waals surface area (Å²) in [4.78, 5) is 20.8. The highest BCUT2D eigenvalue weighted by atomic mass is 16.5. The fourth-order valence-corrected chi connectivity index (χ4v) is 1.91. The summed E-state index contributed by atoms with van der Waals surface area (Å²) in [6.45, 7) is 0. The predicted molar refractivity (Wildman–Crippen MR) is 91.5 cm³/mol. The van der Waals surface area contributed by atoms with Gasteiger partial charge in [0.05, 0.1) is 0 Å². The van der Waals surface area contributed by atoms with Crippen molar-refractivity contribution in [3.05, 3.63) is 71.8 Å². The van der Waals surface area contributed by atoms with Crippen molar-refractivity contribution in [1.82, 2.24) is 0 Å². The largest absolute Gasteiger partial charge is 0.480 e. The molecule has 2 aromatic rings. The van der Waals surface area contributed by atoms with E-state index in [9.17, 15) is 9.59 Å². The number of carboxylic acids is 2. The lowest BCUT2D eigenvalue weighted by molar-refractivity contribution is -0.139. The Morgan fingerprint density at radius 1 is 0.708 bits per heavy atom. The van der Waals surface area contributed by atoms with Crippen molar-refractivity contribution in [2.24, 2.45) is 11.5 Å². The second kappa shape index (κ2) is 10.1. The highest BCUT2D eigenvalue weighted by Crippen LogP contribution is 2.02. The number of nitrogens with two attached hydrogens (primary N) is 2. The van der Waals surface area contributed by atoms with Gasteiger partial charge < -0.3 is 21.7 Å². The number of rotatable bonds is 6. The van der Waals surface area contributed by atoms with Crippen LogP contribution in [-0.4, -0.2) is 34.2 Å². The summed E-state index contributed by atoms with van der Waals surface area (Å²) in [5.74, 6) is -1.92. The Hall–Kier alpha value is -2.70. The second-order valence-corrected chi connectivity index (χ2v) is 5.27. The molecule has 0 spiro atoms. The van der Waals surface area contributed by atoms with Gasteiger partial charge >= 0.3 is 11.9 Å². The summed E-state index contributed by atoms with van der Waals surface area (Å²) in [6.07, 6.45) is 0.770. The number of hydrogen-bond donors (Lipinski definition) is 4. The lowest BCUT2D eigenvalue weighted by Gasteiger charge is -2.04. The molecule has 6 N–H and O–H groups in total. The monoisotopic (exact) mass is 339 g/mol. The lowest BCUT2D eigenvalue weighted by Crippen LogP contribution is -2.32. The van der Waals surface area contributed by atoms with Crippen molar-refractivity contribution >= 4 is 11.9 Å². The topological polar surface area (TPSA) is 127 Å². The third-order valence-electron chi connectivity index (χ3n) is 3.23. The predicted octanol–water partition coefficient (Wildman–Crippen LogP) is 1.28. The molecule has 6 nitrogen and oxygen atoms in total. The van der Waals surface area contributed by atoms with E-state index in [0.29, 0.717) is 12.8 Å². The molecular formula is C18H22N2O4. The van der Waals surface area contributed by atoms with Gasteiger partial charge in [0.2, 0.25) is 0 Å². The van der Waals surface area contributed by atoms with E-state index in [1.165, 1.54) is 0 Å². The summed E-state index contributed by atoms with van der Waals surface area (Å²) in [7, 11) is 0. The maximum Gasteiger partial charge on any atom is 0.320 e. The molecule has 0 amide bonds. The fraction of sp³-hybridized carbons (Fsp3) is 0.222. The number of carboxylic acid groups (broad SMARTS) is 2. The normalized spacial score (nSPS) is 12.4. The Balaban J connectivity index is 0.000000240. The maximum absolute atomic E-state index is 10.4. The molecule has 0 aliphatic rings. The molecule has 128 valence electrons. The summed E-state index contributed by atoms with van der Waals surface area (Å²) in [6, 6.07) is 17.1. The van der Waals surface area contributed by atoms with E-state index in [1.54, 1.807) is 0 Å². The zero-order valence-electron chi connectivity index (χ0n) is 13.2. The summed E-state index contributed by atoms with van der Waals surface area (Å²) >= 11 is 0. The van der Waals surface area contributed by atoms with E-state index in [-0.39, 0.29) is 0 Å². The van der Waals surface area contributed by atoms with Crippen LogP contribution in [0.25, 0.3) is 0 Å². The Morgan fingerprint density at radius 2 is 1.00 bits per heavy atom. The minimum absolute atomic E-state index is 0.385. The summed E-state index contributed by atoms with van der Waals surface area (Å²) in [5.41, 5.74) is 12.6. The van der Waals surface area contributed by atoms with Crippen LogP contribution in [0, 0.1) is 0 Å². The fourth-order valence-electron chi connectivity index (χ4n) is 1.91. The number of aliphatic carboxylic acids is 2. The second-order valence-electron chi connectivity index (χ2n) is 5.27. The molecule has 0 aliphatic heterocycles. The van der Waals surface area contributed by atoms with E-state index >= 15 is 0 Å². The molecule has 2 rings (SSSR count). The van der Waals surface area contributed by atoms with Gasteiger partial charge in [-0.15, -0.1) is 0 Å². The molecule has 0 saturated carbocycles. The average Bonchev–Trinajstić information content (AvgIpc) is 2.57.